The average Bonchev–Trinajstić information content (AvgIpc) is 2.97. The van der Waals surface area contributed by atoms with Gasteiger partial charge in [-0.1, -0.05) is 18.9 Å². The second-order valence-electron chi connectivity index (χ2n) is 6.00. The zero-order valence-corrected chi connectivity index (χ0v) is 14.8. The standard InChI is InChI=1S/C16H22Br2N2/c17-12-6-3-7-13(18)16(12)20-15-8-2-1-5-11(15)14-9-4-10-19-14/h3,6-7,11,14-15,19-20H,1-2,4-5,8-10H2. The number of benzene rings is 1. The van der Waals surface area contributed by atoms with Crippen molar-refractivity contribution >= 4 is 37.5 Å². The third kappa shape index (κ3) is 3.23. The van der Waals surface area contributed by atoms with E-state index in [1.54, 1.807) is 0 Å². The first kappa shape index (κ1) is 14.9. The number of hydrogen-bond donors (Lipinski definition) is 2. The van der Waals surface area contributed by atoms with Gasteiger partial charge in [0.15, 0.2) is 0 Å². The van der Waals surface area contributed by atoms with Gasteiger partial charge >= 0.3 is 0 Å². The Bertz CT molecular complexity index is 438. The van der Waals surface area contributed by atoms with Crippen molar-refractivity contribution in [2.24, 2.45) is 5.92 Å². The molecule has 2 aliphatic rings. The van der Waals surface area contributed by atoms with Crippen molar-refractivity contribution in [3.05, 3.63) is 27.1 Å². The molecule has 3 atom stereocenters. The first-order chi connectivity index (χ1) is 9.75. The van der Waals surface area contributed by atoms with Crippen LogP contribution in [0.4, 0.5) is 5.69 Å². The van der Waals surface area contributed by atoms with Crippen LogP contribution >= 0.6 is 31.9 Å². The smallest absolute Gasteiger partial charge is 0.0631 e. The van der Waals surface area contributed by atoms with E-state index in [-0.39, 0.29) is 0 Å². The average molecular weight is 402 g/mol. The first-order valence-corrected chi connectivity index (χ1v) is 9.28. The van der Waals surface area contributed by atoms with E-state index in [1.165, 1.54) is 50.8 Å². The van der Waals surface area contributed by atoms with E-state index in [0.717, 1.165) is 14.9 Å². The van der Waals surface area contributed by atoms with Gasteiger partial charge in [-0.25, -0.2) is 0 Å². The van der Waals surface area contributed by atoms with Gasteiger partial charge in [-0.15, -0.1) is 0 Å². The van der Waals surface area contributed by atoms with Crippen molar-refractivity contribution in [1.29, 1.82) is 0 Å². The number of hydrogen-bond acceptors (Lipinski definition) is 2. The zero-order chi connectivity index (χ0) is 13.9. The summed E-state index contributed by atoms with van der Waals surface area (Å²) < 4.78 is 2.30. The minimum absolute atomic E-state index is 0.592. The molecule has 2 nitrogen and oxygen atoms in total. The molecule has 20 heavy (non-hydrogen) atoms. The fraction of sp³-hybridized carbons (Fsp3) is 0.625. The highest BCUT2D eigenvalue weighted by Crippen LogP contribution is 2.37. The molecule has 4 heteroatoms. The Morgan fingerprint density at radius 1 is 1.00 bits per heavy atom. The monoisotopic (exact) mass is 400 g/mol. The molecule has 0 spiro atoms. The molecule has 3 unspecified atom stereocenters. The number of rotatable bonds is 3. The Labute approximate surface area is 138 Å². The normalized spacial score (nSPS) is 30.4. The molecule has 0 radical (unpaired) electrons. The summed E-state index contributed by atoms with van der Waals surface area (Å²) in [6, 6.07) is 7.59. The lowest BCUT2D eigenvalue weighted by atomic mass is 9.79. The molecule has 1 saturated heterocycles. The summed E-state index contributed by atoms with van der Waals surface area (Å²) >= 11 is 7.34. The van der Waals surface area contributed by atoms with Gasteiger partial charge in [0, 0.05) is 21.0 Å². The fourth-order valence-corrected chi connectivity index (χ4v) is 4.95. The molecule has 2 fully saturated rings. The fourth-order valence-electron chi connectivity index (χ4n) is 3.72. The second kappa shape index (κ2) is 6.80. The molecule has 0 amide bonds. The molecule has 3 rings (SSSR count). The van der Waals surface area contributed by atoms with Crippen LogP contribution in [0.15, 0.2) is 27.1 Å². The van der Waals surface area contributed by atoms with Crippen LogP contribution in [0.25, 0.3) is 0 Å². The van der Waals surface area contributed by atoms with Crippen LogP contribution in [0.5, 0.6) is 0 Å². The predicted octanol–water partition coefficient (Wildman–Crippen LogP) is 4.93. The van der Waals surface area contributed by atoms with Gasteiger partial charge < -0.3 is 10.6 Å². The quantitative estimate of drug-likeness (QED) is 0.749. The van der Waals surface area contributed by atoms with Gasteiger partial charge in [0.1, 0.15) is 0 Å². The van der Waals surface area contributed by atoms with Crippen molar-refractivity contribution in [2.75, 3.05) is 11.9 Å². The molecule has 1 heterocycles. The number of anilines is 1. The molecule has 0 aromatic heterocycles. The van der Waals surface area contributed by atoms with E-state index >= 15 is 0 Å². The number of nitrogens with one attached hydrogen (secondary N) is 2. The van der Waals surface area contributed by atoms with Crippen LogP contribution in [0.2, 0.25) is 0 Å². The van der Waals surface area contributed by atoms with Gasteiger partial charge in [-0.2, -0.15) is 0 Å². The Kier molecular flexibility index (Phi) is 5.05. The van der Waals surface area contributed by atoms with Crippen molar-refractivity contribution in [2.45, 2.75) is 50.6 Å². The number of para-hydroxylation sites is 1. The molecule has 1 aliphatic carbocycles. The van der Waals surface area contributed by atoms with Crippen molar-refractivity contribution in [3.63, 3.8) is 0 Å². The Balaban J connectivity index is 1.76. The summed E-state index contributed by atoms with van der Waals surface area (Å²) in [5, 5.41) is 7.52. The lowest BCUT2D eigenvalue weighted by Crippen LogP contribution is -2.43. The van der Waals surface area contributed by atoms with Gasteiger partial charge in [-0.3, -0.25) is 0 Å². The Morgan fingerprint density at radius 3 is 2.45 bits per heavy atom. The molecule has 1 aromatic rings. The molecule has 0 bridgehead atoms. The van der Waals surface area contributed by atoms with E-state index in [1.807, 2.05) is 0 Å². The first-order valence-electron chi connectivity index (χ1n) is 7.69. The van der Waals surface area contributed by atoms with Crippen LogP contribution < -0.4 is 10.6 Å². The molecule has 1 saturated carbocycles. The zero-order valence-electron chi connectivity index (χ0n) is 11.7. The molecule has 1 aliphatic heterocycles. The molecular weight excluding hydrogens is 380 g/mol. The summed E-state index contributed by atoms with van der Waals surface area (Å²) in [5.74, 6) is 0.769. The Morgan fingerprint density at radius 2 is 1.75 bits per heavy atom. The van der Waals surface area contributed by atoms with Crippen LogP contribution in [0.1, 0.15) is 38.5 Å². The molecular formula is C16H22Br2N2. The summed E-state index contributed by atoms with van der Waals surface area (Å²) in [5.41, 5.74) is 1.21. The summed E-state index contributed by atoms with van der Waals surface area (Å²) in [7, 11) is 0. The third-order valence-corrected chi connectivity index (χ3v) is 6.05. The van der Waals surface area contributed by atoms with Crippen molar-refractivity contribution < 1.29 is 0 Å². The van der Waals surface area contributed by atoms with E-state index in [4.69, 9.17) is 0 Å². The second-order valence-corrected chi connectivity index (χ2v) is 7.71. The highest BCUT2D eigenvalue weighted by atomic mass is 79.9. The van der Waals surface area contributed by atoms with E-state index in [0.29, 0.717) is 12.1 Å². The van der Waals surface area contributed by atoms with Crippen molar-refractivity contribution in [1.82, 2.24) is 5.32 Å². The molecule has 110 valence electrons. The molecule has 1 aromatic carbocycles. The Hall–Kier alpha value is -0.0600. The van der Waals surface area contributed by atoms with Gasteiger partial charge in [0.25, 0.3) is 0 Å². The van der Waals surface area contributed by atoms with Gasteiger partial charge in [0.2, 0.25) is 0 Å². The highest BCUT2D eigenvalue weighted by Gasteiger charge is 2.33. The summed E-state index contributed by atoms with van der Waals surface area (Å²) in [6.07, 6.45) is 8.07. The maximum atomic E-state index is 3.81. The topological polar surface area (TPSA) is 24.1 Å². The summed E-state index contributed by atoms with van der Waals surface area (Å²) in [6.45, 7) is 1.20. The van der Waals surface area contributed by atoms with Crippen LogP contribution in [-0.4, -0.2) is 18.6 Å². The predicted molar refractivity (Wildman–Crippen MR) is 92.2 cm³/mol. The summed E-state index contributed by atoms with van der Waals surface area (Å²) in [4.78, 5) is 0. The van der Waals surface area contributed by atoms with E-state index in [9.17, 15) is 0 Å². The van der Waals surface area contributed by atoms with E-state index < -0.39 is 0 Å². The lowest BCUT2D eigenvalue weighted by molar-refractivity contribution is 0.262. The number of halogens is 2. The van der Waals surface area contributed by atoms with Gasteiger partial charge in [-0.05, 0) is 82.1 Å². The third-order valence-electron chi connectivity index (χ3n) is 4.73. The van der Waals surface area contributed by atoms with Gasteiger partial charge in [0.05, 0.1) is 5.69 Å². The molecule has 2 N–H and O–H groups in total. The largest absolute Gasteiger partial charge is 0.380 e. The van der Waals surface area contributed by atoms with Crippen LogP contribution in [0, 0.1) is 5.92 Å². The maximum Gasteiger partial charge on any atom is 0.0631 e. The van der Waals surface area contributed by atoms with Crippen molar-refractivity contribution in [3.8, 4) is 0 Å². The lowest BCUT2D eigenvalue weighted by Gasteiger charge is -2.37. The van der Waals surface area contributed by atoms with E-state index in [2.05, 4.69) is 60.7 Å². The minimum atomic E-state index is 0.592. The highest BCUT2D eigenvalue weighted by molar-refractivity contribution is 9.11. The van der Waals surface area contributed by atoms with Crippen LogP contribution in [0.3, 0.4) is 0 Å². The minimum Gasteiger partial charge on any atom is -0.380 e. The van der Waals surface area contributed by atoms with Crippen LogP contribution in [-0.2, 0) is 0 Å². The maximum absolute atomic E-state index is 3.81. The SMILES string of the molecule is Brc1cccc(Br)c1NC1CCCCC1C1CCCN1.